The summed E-state index contributed by atoms with van der Waals surface area (Å²) >= 11 is 0. The van der Waals surface area contributed by atoms with E-state index in [1.807, 2.05) is 38.1 Å². The number of ether oxygens (including phenoxy) is 3. The Morgan fingerprint density at radius 3 is 2.30 bits per heavy atom. The second kappa shape index (κ2) is 7.49. The van der Waals surface area contributed by atoms with Crippen molar-refractivity contribution in [3.8, 4) is 17.2 Å². The molecular weight excluding hydrogens is 292 g/mol. The number of benzene rings is 2. The van der Waals surface area contributed by atoms with E-state index in [-0.39, 0.29) is 0 Å². The first-order valence-corrected chi connectivity index (χ1v) is 7.23. The van der Waals surface area contributed by atoms with Gasteiger partial charge in [0.1, 0.15) is 17.2 Å². The highest BCUT2D eigenvalue weighted by atomic mass is 16.5. The SMILES string of the molecule is COc1ccc(/C=C/C(=O)Oc2c(C)cccc2C)c(OC)c1. The molecule has 0 atom stereocenters. The minimum Gasteiger partial charge on any atom is -0.497 e. The second-order valence-corrected chi connectivity index (χ2v) is 5.08. The molecule has 23 heavy (non-hydrogen) atoms. The maximum absolute atomic E-state index is 12.0. The van der Waals surface area contributed by atoms with Gasteiger partial charge in [-0.25, -0.2) is 4.79 Å². The van der Waals surface area contributed by atoms with Crippen molar-refractivity contribution in [1.82, 2.24) is 0 Å². The van der Waals surface area contributed by atoms with Gasteiger partial charge in [-0.3, -0.25) is 0 Å². The molecule has 4 heteroatoms. The Hall–Kier alpha value is -2.75. The molecule has 2 rings (SSSR count). The van der Waals surface area contributed by atoms with Crippen LogP contribution in [0.2, 0.25) is 0 Å². The molecule has 0 saturated heterocycles. The van der Waals surface area contributed by atoms with Crippen molar-refractivity contribution < 1.29 is 19.0 Å². The summed E-state index contributed by atoms with van der Waals surface area (Å²) in [7, 11) is 3.16. The van der Waals surface area contributed by atoms with Gasteiger partial charge in [0.15, 0.2) is 0 Å². The van der Waals surface area contributed by atoms with E-state index in [0.29, 0.717) is 17.2 Å². The average Bonchev–Trinajstić information content (AvgIpc) is 2.56. The van der Waals surface area contributed by atoms with Crippen LogP contribution in [-0.4, -0.2) is 20.2 Å². The zero-order chi connectivity index (χ0) is 16.8. The van der Waals surface area contributed by atoms with E-state index in [1.165, 1.54) is 6.08 Å². The summed E-state index contributed by atoms with van der Waals surface area (Å²) in [6.07, 6.45) is 3.05. The van der Waals surface area contributed by atoms with Crippen LogP contribution in [0.15, 0.2) is 42.5 Å². The molecule has 0 amide bonds. The number of esters is 1. The van der Waals surface area contributed by atoms with E-state index in [2.05, 4.69) is 0 Å². The number of hydrogen-bond acceptors (Lipinski definition) is 4. The second-order valence-electron chi connectivity index (χ2n) is 5.08. The molecule has 0 bridgehead atoms. The third-order valence-electron chi connectivity index (χ3n) is 3.45. The van der Waals surface area contributed by atoms with E-state index in [0.717, 1.165) is 16.7 Å². The van der Waals surface area contributed by atoms with Gasteiger partial charge < -0.3 is 14.2 Å². The summed E-state index contributed by atoms with van der Waals surface area (Å²) in [4.78, 5) is 12.0. The molecule has 2 aromatic carbocycles. The van der Waals surface area contributed by atoms with E-state index in [1.54, 1.807) is 32.4 Å². The van der Waals surface area contributed by atoms with Gasteiger partial charge in [0.2, 0.25) is 0 Å². The third-order valence-corrected chi connectivity index (χ3v) is 3.45. The first-order chi connectivity index (χ1) is 11.0. The van der Waals surface area contributed by atoms with E-state index in [4.69, 9.17) is 14.2 Å². The Balaban J connectivity index is 2.15. The molecule has 0 fully saturated rings. The molecule has 4 nitrogen and oxygen atoms in total. The molecule has 0 aliphatic carbocycles. The molecule has 0 heterocycles. The zero-order valence-corrected chi connectivity index (χ0v) is 13.8. The summed E-state index contributed by atoms with van der Waals surface area (Å²) in [5.41, 5.74) is 2.62. The molecule has 120 valence electrons. The minimum absolute atomic E-state index is 0.430. The van der Waals surface area contributed by atoms with Crippen molar-refractivity contribution in [2.45, 2.75) is 13.8 Å². The van der Waals surface area contributed by atoms with Crippen molar-refractivity contribution in [2.24, 2.45) is 0 Å². The molecule has 0 saturated carbocycles. The first kappa shape index (κ1) is 16.6. The lowest BCUT2D eigenvalue weighted by atomic mass is 10.1. The van der Waals surface area contributed by atoms with Crippen molar-refractivity contribution in [3.63, 3.8) is 0 Å². The standard InChI is InChI=1S/C19H20O4/c1-13-6-5-7-14(2)19(13)23-18(20)11-9-15-8-10-16(21-3)12-17(15)22-4/h5-12H,1-4H3/b11-9+. The Kier molecular flexibility index (Phi) is 5.41. The summed E-state index contributed by atoms with van der Waals surface area (Å²) < 4.78 is 15.9. The minimum atomic E-state index is -0.430. The topological polar surface area (TPSA) is 44.8 Å². The van der Waals surface area contributed by atoms with Crippen molar-refractivity contribution in [2.75, 3.05) is 14.2 Å². The molecule has 0 radical (unpaired) electrons. The maximum Gasteiger partial charge on any atom is 0.336 e. The van der Waals surface area contributed by atoms with Crippen LogP contribution >= 0.6 is 0 Å². The number of para-hydroxylation sites is 1. The van der Waals surface area contributed by atoms with Crippen LogP contribution in [-0.2, 0) is 4.79 Å². The van der Waals surface area contributed by atoms with Crippen LogP contribution < -0.4 is 14.2 Å². The average molecular weight is 312 g/mol. The van der Waals surface area contributed by atoms with Crippen molar-refractivity contribution in [3.05, 3.63) is 59.2 Å². The Labute approximate surface area is 136 Å². The van der Waals surface area contributed by atoms with Gasteiger partial charge in [-0.1, -0.05) is 18.2 Å². The molecular formula is C19H20O4. The summed E-state index contributed by atoms with van der Waals surface area (Å²) in [6, 6.07) is 11.1. The summed E-state index contributed by atoms with van der Waals surface area (Å²) in [5, 5.41) is 0. The predicted octanol–water partition coefficient (Wildman–Crippen LogP) is 3.94. The van der Waals surface area contributed by atoms with E-state index in [9.17, 15) is 4.79 Å². The Bertz CT molecular complexity index is 712. The van der Waals surface area contributed by atoms with E-state index >= 15 is 0 Å². The smallest absolute Gasteiger partial charge is 0.336 e. The molecule has 0 N–H and O–H groups in total. The van der Waals surface area contributed by atoms with Crippen molar-refractivity contribution in [1.29, 1.82) is 0 Å². The van der Waals surface area contributed by atoms with Gasteiger partial charge in [0.25, 0.3) is 0 Å². The summed E-state index contributed by atoms with van der Waals surface area (Å²) in [5.74, 6) is 1.49. The highest BCUT2D eigenvalue weighted by molar-refractivity contribution is 5.89. The lowest BCUT2D eigenvalue weighted by molar-refractivity contribution is -0.129. The highest BCUT2D eigenvalue weighted by Crippen LogP contribution is 2.26. The fourth-order valence-electron chi connectivity index (χ4n) is 2.21. The number of rotatable bonds is 5. The van der Waals surface area contributed by atoms with Crippen LogP contribution in [0.4, 0.5) is 0 Å². The van der Waals surface area contributed by atoms with Crippen LogP contribution in [0, 0.1) is 13.8 Å². The lowest BCUT2D eigenvalue weighted by Gasteiger charge is -2.09. The Morgan fingerprint density at radius 2 is 1.70 bits per heavy atom. The Morgan fingerprint density at radius 1 is 1.00 bits per heavy atom. The van der Waals surface area contributed by atoms with Crippen LogP contribution in [0.3, 0.4) is 0 Å². The number of hydrogen-bond donors (Lipinski definition) is 0. The van der Waals surface area contributed by atoms with E-state index < -0.39 is 5.97 Å². The van der Waals surface area contributed by atoms with Gasteiger partial charge >= 0.3 is 5.97 Å². The predicted molar refractivity (Wildman–Crippen MR) is 90.1 cm³/mol. The molecule has 0 unspecified atom stereocenters. The van der Waals surface area contributed by atoms with Gasteiger partial charge in [0, 0.05) is 17.7 Å². The zero-order valence-electron chi connectivity index (χ0n) is 13.8. The highest BCUT2D eigenvalue weighted by Gasteiger charge is 2.08. The number of aryl methyl sites for hydroxylation is 2. The van der Waals surface area contributed by atoms with Gasteiger partial charge in [-0.05, 0) is 43.2 Å². The van der Waals surface area contributed by atoms with Gasteiger partial charge in [0.05, 0.1) is 14.2 Å². The summed E-state index contributed by atoms with van der Waals surface area (Å²) in [6.45, 7) is 3.82. The lowest BCUT2D eigenvalue weighted by Crippen LogP contribution is -2.06. The quantitative estimate of drug-likeness (QED) is 0.476. The fraction of sp³-hybridized carbons (Fsp3) is 0.211. The molecule has 2 aromatic rings. The normalized spacial score (nSPS) is 10.6. The maximum atomic E-state index is 12.0. The van der Waals surface area contributed by atoms with Crippen LogP contribution in [0.25, 0.3) is 6.08 Å². The van der Waals surface area contributed by atoms with Gasteiger partial charge in [-0.2, -0.15) is 0 Å². The first-order valence-electron chi connectivity index (χ1n) is 7.23. The molecule has 0 aromatic heterocycles. The molecule has 0 spiro atoms. The number of carbonyl (C=O) groups is 1. The number of carbonyl (C=O) groups excluding carboxylic acids is 1. The van der Waals surface area contributed by atoms with Crippen molar-refractivity contribution >= 4 is 12.0 Å². The largest absolute Gasteiger partial charge is 0.497 e. The number of methoxy groups -OCH3 is 2. The monoisotopic (exact) mass is 312 g/mol. The third kappa shape index (κ3) is 4.13. The van der Waals surface area contributed by atoms with Crippen LogP contribution in [0.1, 0.15) is 16.7 Å². The molecule has 0 aliphatic heterocycles. The molecule has 0 aliphatic rings. The fourth-order valence-corrected chi connectivity index (χ4v) is 2.21. The van der Waals surface area contributed by atoms with Crippen LogP contribution in [0.5, 0.6) is 17.2 Å². The van der Waals surface area contributed by atoms with Gasteiger partial charge in [-0.15, -0.1) is 0 Å².